The lowest BCUT2D eigenvalue weighted by atomic mass is 10.1. The molecule has 2 aromatic carbocycles. The van der Waals surface area contributed by atoms with Crippen LogP contribution in [0.2, 0.25) is 5.02 Å². The number of rotatable bonds is 6. The van der Waals surface area contributed by atoms with E-state index in [0.29, 0.717) is 10.9 Å². The number of halogens is 2. The summed E-state index contributed by atoms with van der Waals surface area (Å²) in [4.78, 5) is 6.74. The van der Waals surface area contributed by atoms with E-state index < -0.39 is 0 Å². The van der Waals surface area contributed by atoms with Crippen molar-refractivity contribution in [2.24, 2.45) is 0 Å². The number of nitrogens with zero attached hydrogens (tertiary/aromatic N) is 2. The standard InChI is InChI=1S/C20H18Cl2N2/c21-12-18-11-19(22)20(23-13-18)24(14-16-7-3-1-4-8-16)15-17-9-5-2-6-10-17/h1-11,13H,12,14-15H2. The highest BCUT2D eigenvalue weighted by atomic mass is 35.5. The summed E-state index contributed by atoms with van der Waals surface area (Å²) in [5.74, 6) is 1.18. The first-order chi connectivity index (χ1) is 11.8. The van der Waals surface area contributed by atoms with Crippen LogP contribution in [0.1, 0.15) is 16.7 Å². The van der Waals surface area contributed by atoms with E-state index in [4.69, 9.17) is 23.2 Å². The predicted octanol–water partition coefficient (Wildman–Crippen LogP) is 5.68. The maximum Gasteiger partial charge on any atom is 0.147 e. The van der Waals surface area contributed by atoms with Crippen LogP contribution in [0.3, 0.4) is 0 Å². The Bertz CT molecular complexity index is 735. The van der Waals surface area contributed by atoms with Gasteiger partial charge in [0, 0.05) is 25.2 Å². The van der Waals surface area contributed by atoms with Crippen LogP contribution in [0.15, 0.2) is 72.9 Å². The van der Waals surface area contributed by atoms with E-state index in [0.717, 1.165) is 24.5 Å². The molecule has 1 heterocycles. The van der Waals surface area contributed by atoms with Gasteiger partial charge in [0.25, 0.3) is 0 Å². The molecule has 0 aliphatic rings. The van der Waals surface area contributed by atoms with Gasteiger partial charge in [-0.05, 0) is 22.8 Å². The monoisotopic (exact) mass is 356 g/mol. The van der Waals surface area contributed by atoms with Gasteiger partial charge in [-0.25, -0.2) is 4.98 Å². The van der Waals surface area contributed by atoms with Gasteiger partial charge < -0.3 is 4.90 Å². The molecule has 2 nitrogen and oxygen atoms in total. The fourth-order valence-electron chi connectivity index (χ4n) is 2.59. The molecular weight excluding hydrogens is 339 g/mol. The second kappa shape index (κ2) is 8.18. The summed E-state index contributed by atoms with van der Waals surface area (Å²) < 4.78 is 0. The van der Waals surface area contributed by atoms with E-state index in [-0.39, 0.29) is 0 Å². The Morgan fingerprint density at radius 2 is 1.33 bits per heavy atom. The molecule has 0 aliphatic carbocycles. The summed E-state index contributed by atoms with van der Waals surface area (Å²) in [5, 5.41) is 0.625. The Morgan fingerprint density at radius 3 is 1.79 bits per heavy atom. The summed E-state index contributed by atoms with van der Waals surface area (Å²) in [6, 6.07) is 22.5. The van der Waals surface area contributed by atoms with Crippen molar-refractivity contribution in [3.05, 3.63) is 94.6 Å². The summed E-state index contributed by atoms with van der Waals surface area (Å²) >= 11 is 12.4. The largest absolute Gasteiger partial charge is 0.347 e. The van der Waals surface area contributed by atoms with Gasteiger partial charge in [-0.3, -0.25) is 0 Å². The second-order valence-electron chi connectivity index (χ2n) is 5.61. The molecule has 0 saturated heterocycles. The molecule has 24 heavy (non-hydrogen) atoms. The number of pyridine rings is 1. The molecule has 0 spiro atoms. The highest BCUT2D eigenvalue weighted by Gasteiger charge is 2.14. The lowest BCUT2D eigenvalue weighted by molar-refractivity contribution is 0.783. The van der Waals surface area contributed by atoms with E-state index in [2.05, 4.69) is 34.1 Å². The summed E-state index contributed by atoms with van der Waals surface area (Å²) in [7, 11) is 0. The summed E-state index contributed by atoms with van der Waals surface area (Å²) in [5.41, 5.74) is 3.35. The number of aromatic nitrogens is 1. The fraction of sp³-hybridized carbons (Fsp3) is 0.150. The number of benzene rings is 2. The predicted molar refractivity (Wildman–Crippen MR) is 102 cm³/mol. The number of hydrogen-bond acceptors (Lipinski definition) is 2. The van der Waals surface area contributed by atoms with Gasteiger partial charge in [0.05, 0.1) is 5.02 Å². The van der Waals surface area contributed by atoms with Gasteiger partial charge in [-0.1, -0.05) is 72.3 Å². The summed E-state index contributed by atoms with van der Waals surface area (Å²) in [6.45, 7) is 1.48. The molecule has 0 N–H and O–H groups in total. The van der Waals surface area contributed by atoms with Crippen LogP contribution in [0.5, 0.6) is 0 Å². The summed E-state index contributed by atoms with van der Waals surface area (Å²) in [6.07, 6.45) is 1.79. The van der Waals surface area contributed by atoms with Crippen LogP contribution in [-0.4, -0.2) is 4.98 Å². The SMILES string of the molecule is ClCc1cnc(N(Cc2ccccc2)Cc2ccccc2)c(Cl)c1. The van der Waals surface area contributed by atoms with E-state index in [1.807, 2.05) is 42.5 Å². The topological polar surface area (TPSA) is 16.1 Å². The Hall–Kier alpha value is -2.03. The van der Waals surface area contributed by atoms with Gasteiger partial charge >= 0.3 is 0 Å². The van der Waals surface area contributed by atoms with E-state index in [9.17, 15) is 0 Å². The molecule has 4 heteroatoms. The van der Waals surface area contributed by atoms with Crippen LogP contribution < -0.4 is 4.90 Å². The zero-order valence-corrected chi connectivity index (χ0v) is 14.7. The Kier molecular flexibility index (Phi) is 5.73. The van der Waals surface area contributed by atoms with Gasteiger partial charge in [0.15, 0.2) is 0 Å². The van der Waals surface area contributed by atoms with Gasteiger partial charge in [0.2, 0.25) is 0 Å². The maximum absolute atomic E-state index is 6.47. The Balaban J connectivity index is 1.92. The lowest BCUT2D eigenvalue weighted by Crippen LogP contribution is -2.23. The fourth-order valence-corrected chi connectivity index (χ4v) is 3.04. The van der Waals surface area contributed by atoms with E-state index in [1.165, 1.54) is 11.1 Å². The molecule has 0 aliphatic heterocycles. The molecule has 122 valence electrons. The minimum Gasteiger partial charge on any atom is -0.347 e. The van der Waals surface area contributed by atoms with Crippen molar-refractivity contribution in [1.29, 1.82) is 0 Å². The number of alkyl halides is 1. The lowest BCUT2D eigenvalue weighted by Gasteiger charge is -2.25. The number of hydrogen-bond donors (Lipinski definition) is 0. The first-order valence-electron chi connectivity index (χ1n) is 7.79. The zero-order chi connectivity index (χ0) is 16.8. The number of anilines is 1. The van der Waals surface area contributed by atoms with Crippen LogP contribution in [0.25, 0.3) is 0 Å². The third kappa shape index (κ3) is 4.28. The van der Waals surface area contributed by atoms with Crippen molar-refractivity contribution in [3.63, 3.8) is 0 Å². The van der Waals surface area contributed by atoms with Gasteiger partial charge in [-0.2, -0.15) is 0 Å². The highest BCUT2D eigenvalue weighted by molar-refractivity contribution is 6.33. The van der Waals surface area contributed by atoms with Crippen molar-refractivity contribution in [3.8, 4) is 0 Å². The average Bonchev–Trinajstić information content (AvgIpc) is 2.63. The second-order valence-corrected chi connectivity index (χ2v) is 6.28. The van der Waals surface area contributed by atoms with Crippen LogP contribution >= 0.6 is 23.2 Å². The third-order valence-corrected chi connectivity index (χ3v) is 4.35. The quantitative estimate of drug-likeness (QED) is 0.528. The highest BCUT2D eigenvalue weighted by Crippen LogP contribution is 2.27. The molecule has 0 radical (unpaired) electrons. The molecule has 0 amide bonds. The van der Waals surface area contributed by atoms with E-state index >= 15 is 0 Å². The van der Waals surface area contributed by atoms with Crippen molar-refractivity contribution in [2.45, 2.75) is 19.0 Å². The van der Waals surface area contributed by atoms with Gasteiger partial charge in [0.1, 0.15) is 5.82 Å². The molecule has 0 saturated carbocycles. The smallest absolute Gasteiger partial charge is 0.147 e. The van der Waals surface area contributed by atoms with Gasteiger partial charge in [-0.15, -0.1) is 11.6 Å². The molecule has 0 atom stereocenters. The average molecular weight is 357 g/mol. The maximum atomic E-state index is 6.47. The van der Waals surface area contributed by atoms with E-state index in [1.54, 1.807) is 6.20 Å². The van der Waals surface area contributed by atoms with Crippen LogP contribution in [0.4, 0.5) is 5.82 Å². The minimum atomic E-state index is 0.407. The Morgan fingerprint density at radius 1 is 0.792 bits per heavy atom. The molecule has 0 fully saturated rings. The molecular formula is C20H18Cl2N2. The van der Waals surface area contributed by atoms with Crippen molar-refractivity contribution in [1.82, 2.24) is 4.98 Å². The Labute approximate surface area is 152 Å². The van der Waals surface area contributed by atoms with Crippen LogP contribution in [0, 0.1) is 0 Å². The molecule has 3 rings (SSSR count). The minimum absolute atomic E-state index is 0.407. The molecule has 1 aromatic heterocycles. The first-order valence-corrected chi connectivity index (χ1v) is 8.70. The third-order valence-electron chi connectivity index (χ3n) is 3.76. The normalized spacial score (nSPS) is 10.6. The van der Waals surface area contributed by atoms with Crippen molar-refractivity contribution in [2.75, 3.05) is 4.90 Å². The molecule has 0 bridgehead atoms. The van der Waals surface area contributed by atoms with Crippen LogP contribution in [-0.2, 0) is 19.0 Å². The zero-order valence-electron chi connectivity index (χ0n) is 13.2. The first kappa shape index (κ1) is 16.8. The molecule has 0 unspecified atom stereocenters. The van der Waals surface area contributed by atoms with Crippen molar-refractivity contribution >= 4 is 29.0 Å². The molecule has 3 aromatic rings. The van der Waals surface area contributed by atoms with Crippen molar-refractivity contribution < 1.29 is 0 Å².